The van der Waals surface area contributed by atoms with Crippen LogP contribution in [0.25, 0.3) is 0 Å². The first-order valence-electron chi connectivity index (χ1n) is 32.5. The van der Waals surface area contributed by atoms with Crippen LogP contribution in [0.5, 0.6) is 0 Å². The van der Waals surface area contributed by atoms with E-state index in [4.69, 9.17) is 14.2 Å². The highest BCUT2D eigenvalue weighted by Crippen LogP contribution is 2.16. The molecule has 0 aromatic heterocycles. The minimum Gasteiger partial charge on any atom is -0.462 e. The van der Waals surface area contributed by atoms with Crippen molar-refractivity contribution in [1.82, 2.24) is 0 Å². The summed E-state index contributed by atoms with van der Waals surface area (Å²) in [5, 5.41) is 0. The van der Waals surface area contributed by atoms with Crippen LogP contribution in [0.1, 0.15) is 297 Å². The number of hydrogen-bond donors (Lipinski definition) is 0. The van der Waals surface area contributed by atoms with Crippen LogP contribution in [-0.2, 0) is 28.6 Å². The molecule has 0 saturated heterocycles. The van der Waals surface area contributed by atoms with Gasteiger partial charge in [0, 0.05) is 19.3 Å². The monoisotopic (exact) mass is 1080 g/mol. The van der Waals surface area contributed by atoms with Gasteiger partial charge in [0.25, 0.3) is 0 Å². The Kier molecular flexibility index (Phi) is 61.8. The lowest BCUT2D eigenvalue weighted by Gasteiger charge is -2.18. The van der Waals surface area contributed by atoms with Gasteiger partial charge in [0.15, 0.2) is 6.10 Å². The molecule has 0 fully saturated rings. The highest BCUT2D eigenvalue weighted by Gasteiger charge is 2.19. The average molecular weight is 1080 g/mol. The number of carbonyl (C=O) groups is 3. The Hall–Kier alpha value is -4.19. The van der Waals surface area contributed by atoms with Crippen molar-refractivity contribution in [3.05, 3.63) is 122 Å². The lowest BCUT2D eigenvalue weighted by atomic mass is 10.0. The standard InChI is InChI=1S/C72H120O6/c1-4-7-10-13-16-19-22-25-28-30-32-34-35-36-37-39-40-42-44-47-50-53-56-59-62-65-71(74)77-68-69(67-76-70(73)64-61-58-55-52-49-46-27-24-21-18-15-12-9-6-3)78-72(75)66-63-60-57-54-51-48-45-43-41-38-33-31-29-26-23-20-17-14-11-8-5-2/h7-8,10-11,16-17,19-20,24-29,32-34,38,43,45,69H,4-6,9,12-15,18,21-23,30-31,35-37,39-42,44,46-68H2,1-3H3/b10-7-,11-8-,19-16-,20-17-,27-24-,28-25-,29-26-,34-32-,38-33-,45-43-. The maximum Gasteiger partial charge on any atom is 0.306 e. The molecule has 0 bridgehead atoms. The molecule has 0 heterocycles. The van der Waals surface area contributed by atoms with Gasteiger partial charge in [-0.1, -0.05) is 271 Å². The first-order chi connectivity index (χ1) is 38.5. The van der Waals surface area contributed by atoms with Gasteiger partial charge in [0.1, 0.15) is 13.2 Å². The minimum absolute atomic E-state index is 0.0910. The summed E-state index contributed by atoms with van der Waals surface area (Å²) in [6, 6.07) is 0. The molecule has 0 rings (SSSR count). The summed E-state index contributed by atoms with van der Waals surface area (Å²) in [5.41, 5.74) is 0. The second-order valence-corrected chi connectivity index (χ2v) is 21.3. The summed E-state index contributed by atoms with van der Waals surface area (Å²) in [5.74, 6) is -0.914. The number of carbonyl (C=O) groups excluding carboxylic acids is 3. The van der Waals surface area contributed by atoms with E-state index >= 15 is 0 Å². The fourth-order valence-electron chi connectivity index (χ4n) is 8.87. The van der Waals surface area contributed by atoms with Gasteiger partial charge >= 0.3 is 17.9 Å². The smallest absolute Gasteiger partial charge is 0.306 e. The van der Waals surface area contributed by atoms with Crippen molar-refractivity contribution in [3.63, 3.8) is 0 Å². The van der Waals surface area contributed by atoms with Crippen molar-refractivity contribution in [2.75, 3.05) is 13.2 Å². The molecular weight excluding hydrogens is 961 g/mol. The third kappa shape index (κ3) is 62.7. The van der Waals surface area contributed by atoms with Crippen LogP contribution in [-0.4, -0.2) is 37.2 Å². The van der Waals surface area contributed by atoms with E-state index in [0.717, 1.165) is 141 Å². The van der Waals surface area contributed by atoms with Crippen molar-refractivity contribution in [2.24, 2.45) is 0 Å². The van der Waals surface area contributed by atoms with Crippen LogP contribution < -0.4 is 0 Å². The molecule has 444 valence electrons. The molecule has 0 aliphatic carbocycles. The van der Waals surface area contributed by atoms with Crippen LogP contribution in [0.4, 0.5) is 0 Å². The zero-order valence-corrected chi connectivity index (χ0v) is 50.9. The minimum atomic E-state index is -0.797. The van der Waals surface area contributed by atoms with E-state index in [-0.39, 0.29) is 31.1 Å². The first kappa shape index (κ1) is 73.8. The van der Waals surface area contributed by atoms with E-state index in [9.17, 15) is 14.4 Å². The summed E-state index contributed by atoms with van der Waals surface area (Å²) in [4.78, 5) is 38.4. The highest BCUT2D eigenvalue weighted by atomic mass is 16.6. The van der Waals surface area contributed by atoms with Crippen molar-refractivity contribution in [1.29, 1.82) is 0 Å². The van der Waals surface area contributed by atoms with E-state index in [1.54, 1.807) is 0 Å². The van der Waals surface area contributed by atoms with Crippen LogP contribution in [0.15, 0.2) is 122 Å². The number of esters is 3. The van der Waals surface area contributed by atoms with Gasteiger partial charge in [-0.05, 0) is 128 Å². The molecule has 0 aliphatic rings. The zero-order chi connectivity index (χ0) is 56.4. The van der Waals surface area contributed by atoms with Crippen molar-refractivity contribution < 1.29 is 28.6 Å². The third-order valence-corrected chi connectivity index (χ3v) is 13.7. The summed E-state index contributed by atoms with van der Waals surface area (Å²) < 4.78 is 16.9. The highest BCUT2D eigenvalue weighted by molar-refractivity contribution is 5.71. The van der Waals surface area contributed by atoms with Gasteiger partial charge in [-0.3, -0.25) is 14.4 Å². The topological polar surface area (TPSA) is 78.9 Å². The molecule has 0 aliphatic heterocycles. The Morgan fingerprint density at radius 3 is 0.795 bits per heavy atom. The van der Waals surface area contributed by atoms with Gasteiger partial charge in [0.05, 0.1) is 0 Å². The summed E-state index contributed by atoms with van der Waals surface area (Å²) in [6.07, 6.45) is 90.6. The second kappa shape index (κ2) is 65.3. The van der Waals surface area contributed by atoms with Gasteiger partial charge in [-0.2, -0.15) is 0 Å². The number of unbranched alkanes of at least 4 members (excludes halogenated alkanes) is 27. The van der Waals surface area contributed by atoms with Crippen LogP contribution in [0.2, 0.25) is 0 Å². The van der Waals surface area contributed by atoms with Crippen molar-refractivity contribution in [2.45, 2.75) is 303 Å². The van der Waals surface area contributed by atoms with E-state index in [1.165, 1.54) is 116 Å². The van der Waals surface area contributed by atoms with Crippen molar-refractivity contribution >= 4 is 17.9 Å². The van der Waals surface area contributed by atoms with Crippen LogP contribution in [0.3, 0.4) is 0 Å². The molecule has 0 N–H and O–H groups in total. The summed E-state index contributed by atoms with van der Waals surface area (Å²) >= 11 is 0. The number of hydrogen-bond acceptors (Lipinski definition) is 6. The van der Waals surface area contributed by atoms with Gasteiger partial charge < -0.3 is 14.2 Å². The SMILES string of the molecule is CC/C=C\C/C=C\C/C=C\C/C=C\C/C=C\CCCCCCCC(=O)OC(COC(=O)CCCCCCC/C=C\CCCCCCC)COC(=O)CCCCCCCCCCCCCC/C=C\C/C=C\C/C=C\C/C=C\CC. The molecule has 1 atom stereocenters. The van der Waals surface area contributed by atoms with Crippen LogP contribution >= 0.6 is 0 Å². The Morgan fingerprint density at radius 1 is 0.269 bits per heavy atom. The fraction of sp³-hybridized carbons (Fsp3) is 0.681. The molecule has 78 heavy (non-hydrogen) atoms. The number of allylic oxidation sites excluding steroid dienone is 20. The molecule has 0 radical (unpaired) electrons. The molecule has 0 spiro atoms. The number of ether oxygens (including phenoxy) is 3. The Labute approximate surface area is 482 Å². The molecule has 0 aromatic rings. The second-order valence-electron chi connectivity index (χ2n) is 21.3. The van der Waals surface area contributed by atoms with Gasteiger partial charge in [-0.15, -0.1) is 0 Å². The Bertz CT molecular complexity index is 1620. The average Bonchev–Trinajstić information content (AvgIpc) is 3.44. The fourth-order valence-corrected chi connectivity index (χ4v) is 8.87. The van der Waals surface area contributed by atoms with Crippen molar-refractivity contribution in [3.8, 4) is 0 Å². The lowest BCUT2D eigenvalue weighted by Crippen LogP contribution is -2.30. The van der Waals surface area contributed by atoms with Crippen LogP contribution in [0, 0.1) is 0 Å². The molecule has 0 saturated carbocycles. The largest absolute Gasteiger partial charge is 0.462 e. The Balaban J connectivity index is 4.38. The lowest BCUT2D eigenvalue weighted by molar-refractivity contribution is -0.167. The molecule has 0 amide bonds. The summed E-state index contributed by atoms with van der Waals surface area (Å²) in [7, 11) is 0. The van der Waals surface area contributed by atoms with E-state index in [0.29, 0.717) is 19.3 Å². The Morgan fingerprint density at radius 2 is 0.500 bits per heavy atom. The van der Waals surface area contributed by atoms with E-state index < -0.39 is 6.10 Å². The maximum absolute atomic E-state index is 12.9. The summed E-state index contributed by atoms with van der Waals surface area (Å²) in [6.45, 7) is 6.40. The molecule has 6 nitrogen and oxygen atoms in total. The third-order valence-electron chi connectivity index (χ3n) is 13.7. The van der Waals surface area contributed by atoms with E-state index in [1.807, 2.05) is 0 Å². The van der Waals surface area contributed by atoms with Gasteiger partial charge in [-0.25, -0.2) is 0 Å². The quantitative estimate of drug-likeness (QED) is 0.0261. The molecular formula is C72H120O6. The maximum atomic E-state index is 12.9. The number of rotatable bonds is 58. The first-order valence-corrected chi connectivity index (χ1v) is 32.5. The molecule has 1 unspecified atom stereocenters. The van der Waals surface area contributed by atoms with Gasteiger partial charge in [0.2, 0.25) is 0 Å². The predicted molar refractivity (Wildman–Crippen MR) is 339 cm³/mol. The normalized spacial score (nSPS) is 12.9. The predicted octanol–water partition coefficient (Wildman–Crippen LogP) is 22.4. The van der Waals surface area contributed by atoms with E-state index in [2.05, 4.69) is 142 Å². The molecule has 6 heteroatoms. The molecule has 0 aromatic carbocycles. The zero-order valence-electron chi connectivity index (χ0n) is 50.9.